The highest BCUT2D eigenvalue weighted by Gasteiger charge is 2.17. The average molecular weight is 456 g/mol. The molecule has 34 heavy (non-hydrogen) atoms. The Labute approximate surface area is 196 Å². The molecule has 6 heteroatoms. The van der Waals surface area contributed by atoms with Gasteiger partial charge in [0.2, 0.25) is 5.75 Å². The topological polar surface area (TPSA) is 99.4 Å². The highest BCUT2D eigenvalue weighted by atomic mass is 16.5. The minimum atomic E-state index is -0.843. The molecule has 0 aliphatic carbocycles. The first-order valence-electron chi connectivity index (χ1n) is 11.0. The highest BCUT2D eigenvalue weighted by Crippen LogP contribution is 2.40. The molecular formula is C28H24O6. The molecule has 172 valence electrons. The van der Waals surface area contributed by atoms with Crippen LogP contribution in [0.25, 0.3) is 0 Å². The number of phenolic OH excluding ortho intramolecular Hbond substituents is 3. The van der Waals surface area contributed by atoms with E-state index in [1.54, 1.807) is 42.5 Å². The van der Waals surface area contributed by atoms with E-state index in [2.05, 4.69) is 0 Å². The molecule has 6 rings (SSSR count). The number of aryl methyl sites for hydroxylation is 2. The van der Waals surface area contributed by atoms with Crippen molar-refractivity contribution >= 4 is 0 Å². The molecule has 0 spiro atoms. The molecule has 1 atom stereocenters. The standard InChI is InChI=1S/C28H24O6/c29-23-6-2-4-20-16-24(30)19-9-11-21(12-10-19)33-26-15-18(14-25(31)27(26)32)8-7-17-3-1-5-22(13-17)34-28(20)23/h1-6,9-15,24,29-32H,7-8,16H2. The van der Waals surface area contributed by atoms with Gasteiger partial charge in [-0.3, -0.25) is 0 Å². The van der Waals surface area contributed by atoms with Gasteiger partial charge in [-0.2, -0.15) is 0 Å². The second kappa shape index (κ2) is 9.00. The fourth-order valence-electron chi connectivity index (χ4n) is 4.10. The van der Waals surface area contributed by atoms with Crippen molar-refractivity contribution in [2.24, 2.45) is 0 Å². The van der Waals surface area contributed by atoms with Gasteiger partial charge in [-0.1, -0.05) is 36.4 Å². The predicted molar refractivity (Wildman–Crippen MR) is 127 cm³/mol. The van der Waals surface area contributed by atoms with Crippen LogP contribution in [0.3, 0.4) is 0 Å². The molecule has 0 saturated carbocycles. The van der Waals surface area contributed by atoms with E-state index in [4.69, 9.17) is 9.47 Å². The van der Waals surface area contributed by atoms with Gasteiger partial charge < -0.3 is 29.9 Å². The quantitative estimate of drug-likeness (QED) is 0.251. The van der Waals surface area contributed by atoms with Gasteiger partial charge in [-0.15, -0.1) is 0 Å². The monoisotopic (exact) mass is 456 g/mol. The molecule has 0 aromatic heterocycles. The van der Waals surface area contributed by atoms with Crippen molar-refractivity contribution in [2.75, 3.05) is 0 Å². The lowest BCUT2D eigenvalue weighted by Gasteiger charge is -2.17. The molecule has 0 radical (unpaired) electrons. The van der Waals surface area contributed by atoms with Gasteiger partial charge in [0.05, 0.1) is 6.10 Å². The smallest absolute Gasteiger partial charge is 0.201 e. The molecule has 6 nitrogen and oxygen atoms in total. The van der Waals surface area contributed by atoms with Crippen LogP contribution in [0.5, 0.6) is 40.2 Å². The van der Waals surface area contributed by atoms with E-state index in [0.717, 1.165) is 11.1 Å². The van der Waals surface area contributed by atoms with Crippen LogP contribution < -0.4 is 9.47 Å². The van der Waals surface area contributed by atoms with Crippen molar-refractivity contribution in [3.8, 4) is 40.2 Å². The van der Waals surface area contributed by atoms with Gasteiger partial charge in [0.15, 0.2) is 23.0 Å². The first-order valence-corrected chi connectivity index (χ1v) is 11.0. The molecule has 0 amide bonds. The Morgan fingerprint density at radius 1 is 0.676 bits per heavy atom. The molecule has 2 aliphatic heterocycles. The fourth-order valence-corrected chi connectivity index (χ4v) is 4.10. The second-order valence-corrected chi connectivity index (χ2v) is 8.37. The third kappa shape index (κ3) is 4.49. The van der Waals surface area contributed by atoms with E-state index >= 15 is 0 Å². The van der Waals surface area contributed by atoms with Gasteiger partial charge in [0.25, 0.3) is 0 Å². The number of hydrogen-bond donors (Lipinski definition) is 4. The normalized spacial score (nSPS) is 15.4. The summed E-state index contributed by atoms with van der Waals surface area (Å²) in [6.45, 7) is 0. The molecule has 1 unspecified atom stereocenters. The maximum atomic E-state index is 10.9. The van der Waals surface area contributed by atoms with E-state index in [-0.39, 0.29) is 29.4 Å². The Hall–Kier alpha value is -4.16. The Bertz CT molecular complexity index is 1330. The summed E-state index contributed by atoms with van der Waals surface area (Å²) in [5, 5.41) is 41.8. The van der Waals surface area contributed by atoms with Crippen molar-refractivity contribution in [1.82, 2.24) is 0 Å². The minimum Gasteiger partial charge on any atom is -0.504 e. The third-order valence-corrected chi connectivity index (χ3v) is 5.92. The van der Waals surface area contributed by atoms with E-state index in [1.165, 1.54) is 6.07 Å². The van der Waals surface area contributed by atoms with Crippen molar-refractivity contribution in [2.45, 2.75) is 25.4 Å². The molecule has 6 bridgehead atoms. The molecular weight excluding hydrogens is 432 g/mol. The molecule has 0 fully saturated rings. The summed E-state index contributed by atoms with van der Waals surface area (Å²) in [6, 6.07) is 22.7. The lowest BCUT2D eigenvalue weighted by atomic mass is 10.00. The van der Waals surface area contributed by atoms with Crippen molar-refractivity contribution in [3.05, 3.63) is 101 Å². The number of aliphatic hydroxyl groups excluding tert-OH is 1. The van der Waals surface area contributed by atoms with Gasteiger partial charge in [0.1, 0.15) is 11.5 Å². The lowest BCUT2D eigenvalue weighted by Crippen LogP contribution is -2.04. The zero-order chi connectivity index (χ0) is 23.7. The first-order chi connectivity index (χ1) is 16.5. The summed E-state index contributed by atoms with van der Waals surface area (Å²) in [7, 11) is 0. The highest BCUT2D eigenvalue weighted by molar-refractivity contribution is 5.54. The number of fused-ring (bicyclic) bond motifs is 4. The molecule has 2 heterocycles. The summed E-state index contributed by atoms with van der Waals surface area (Å²) in [6.07, 6.45) is 0.646. The first kappa shape index (κ1) is 21.7. The van der Waals surface area contributed by atoms with Crippen LogP contribution in [0.4, 0.5) is 0 Å². The molecule has 4 N–H and O–H groups in total. The Morgan fingerprint density at radius 2 is 1.44 bits per heavy atom. The van der Waals surface area contributed by atoms with E-state index in [0.29, 0.717) is 41.2 Å². The third-order valence-electron chi connectivity index (χ3n) is 5.92. The second-order valence-electron chi connectivity index (χ2n) is 8.37. The zero-order valence-corrected chi connectivity index (χ0v) is 18.3. The number of ether oxygens (including phenoxy) is 2. The Kier molecular flexibility index (Phi) is 5.74. The lowest BCUT2D eigenvalue weighted by molar-refractivity contribution is 0.177. The number of para-hydroxylation sites is 1. The van der Waals surface area contributed by atoms with Gasteiger partial charge in [-0.25, -0.2) is 0 Å². The van der Waals surface area contributed by atoms with Crippen LogP contribution in [-0.4, -0.2) is 20.4 Å². The average Bonchev–Trinajstić information content (AvgIpc) is 2.83. The van der Waals surface area contributed by atoms with Crippen molar-refractivity contribution < 1.29 is 29.9 Å². The summed E-state index contributed by atoms with van der Waals surface area (Å²) in [5.41, 5.74) is 3.13. The van der Waals surface area contributed by atoms with Crippen LogP contribution in [0.1, 0.15) is 28.4 Å². The molecule has 4 aromatic rings. The van der Waals surface area contributed by atoms with Gasteiger partial charge in [-0.05, 0) is 72.0 Å². The number of benzene rings is 4. The maximum absolute atomic E-state index is 10.9. The Morgan fingerprint density at radius 3 is 2.26 bits per heavy atom. The van der Waals surface area contributed by atoms with Crippen molar-refractivity contribution in [3.63, 3.8) is 0 Å². The molecule has 0 saturated heterocycles. The largest absolute Gasteiger partial charge is 0.504 e. The summed E-state index contributed by atoms with van der Waals surface area (Å²) < 4.78 is 11.9. The maximum Gasteiger partial charge on any atom is 0.201 e. The molecule has 2 aliphatic rings. The van der Waals surface area contributed by atoms with E-state index in [1.807, 2.05) is 30.3 Å². The number of aliphatic hydroxyl groups is 1. The van der Waals surface area contributed by atoms with Crippen LogP contribution in [0.15, 0.2) is 78.9 Å². The predicted octanol–water partition coefficient (Wildman–Crippen LogP) is 5.76. The number of phenols is 3. The SMILES string of the molecule is Oc1cc2cc(c1O)Oc1ccc(cc1)C(O)Cc1cccc(O)c1Oc1cccc(c1)CC2. The molecule has 4 aromatic carbocycles. The van der Waals surface area contributed by atoms with Crippen LogP contribution in [0.2, 0.25) is 0 Å². The minimum absolute atomic E-state index is 0.000327. The number of rotatable bonds is 0. The van der Waals surface area contributed by atoms with Gasteiger partial charge >= 0.3 is 0 Å². The van der Waals surface area contributed by atoms with Crippen molar-refractivity contribution in [1.29, 1.82) is 0 Å². The van der Waals surface area contributed by atoms with Crippen LogP contribution >= 0.6 is 0 Å². The van der Waals surface area contributed by atoms with Crippen LogP contribution in [-0.2, 0) is 19.3 Å². The van der Waals surface area contributed by atoms with Gasteiger partial charge in [0, 0.05) is 12.0 Å². The zero-order valence-electron chi connectivity index (χ0n) is 18.3. The summed E-state index contributed by atoms with van der Waals surface area (Å²) in [5.74, 6) is 0.919. The van der Waals surface area contributed by atoms with Crippen LogP contribution in [0, 0.1) is 0 Å². The Balaban J connectivity index is 1.58. The number of aromatic hydroxyl groups is 3. The van der Waals surface area contributed by atoms with E-state index in [9.17, 15) is 20.4 Å². The summed E-state index contributed by atoms with van der Waals surface area (Å²) in [4.78, 5) is 0. The number of hydrogen-bond acceptors (Lipinski definition) is 6. The fraction of sp³-hybridized carbons (Fsp3) is 0.143. The van der Waals surface area contributed by atoms with E-state index < -0.39 is 6.10 Å². The summed E-state index contributed by atoms with van der Waals surface area (Å²) >= 11 is 0.